The fourth-order valence-electron chi connectivity index (χ4n) is 2.16. The van der Waals surface area contributed by atoms with E-state index in [4.69, 9.17) is 10.5 Å². The molecule has 0 saturated carbocycles. The third-order valence-corrected chi connectivity index (χ3v) is 3.54. The van der Waals surface area contributed by atoms with Crippen molar-refractivity contribution in [1.29, 1.82) is 0 Å². The van der Waals surface area contributed by atoms with Crippen LogP contribution in [-0.2, 0) is 9.53 Å². The highest BCUT2D eigenvalue weighted by Crippen LogP contribution is 2.23. The van der Waals surface area contributed by atoms with Gasteiger partial charge in [0.05, 0.1) is 7.11 Å². The highest BCUT2D eigenvalue weighted by molar-refractivity contribution is 5.75. The molecule has 1 aliphatic heterocycles. The quantitative estimate of drug-likeness (QED) is 0.694. The molecule has 3 unspecified atom stereocenters. The molecule has 0 aromatic rings. The number of carbonyl (C=O) groups is 1. The summed E-state index contributed by atoms with van der Waals surface area (Å²) in [6, 6.07) is -0.142. The number of likely N-dealkylation sites (tertiary alicyclic amines) is 1. The first-order valence-electron chi connectivity index (χ1n) is 5.62. The number of carbonyl (C=O) groups excluding carboxylic acids is 1. The van der Waals surface area contributed by atoms with E-state index in [2.05, 4.69) is 11.8 Å². The highest BCUT2D eigenvalue weighted by atomic mass is 16.5. The van der Waals surface area contributed by atoms with Gasteiger partial charge in [-0.15, -0.1) is 0 Å². The fourth-order valence-corrected chi connectivity index (χ4v) is 2.16. The average molecular weight is 214 g/mol. The Kier molecular flexibility index (Phi) is 4.54. The van der Waals surface area contributed by atoms with Crippen LogP contribution in [0, 0.1) is 11.8 Å². The number of hydrogen-bond acceptors (Lipinski definition) is 4. The van der Waals surface area contributed by atoms with Crippen LogP contribution in [0.4, 0.5) is 0 Å². The first kappa shape index (κ1) is 12.5. The normalized spacial score (nSPS) is 29.9. The minimum absolute atomic E-state index is 0.142. The number of esters is 1. The Morgan fingerprint density at radius 1 is 1.67 bits per heavy atom. The third kappa shape index (κ3) is 2.92. The summed E-state index contributed by atoms with van der Waals surface area (Å²) in [4.78, 5) is 13.6. The van der Waals surface area contributed by atoms with Gasteiger partial charge in [-0.1, -0.05) is 6.92 Å². The monoisotopic (exact) mass is 214 g/mol. The maximum absolute atomic E-state index is 11.4. The molecule has 1 fully saturated rings. The molecule has 1 heterocycles. The van der Waals surface area contributed by atoms with Gasteiger partial charge in [0.25, 0.3) is 0 Å². The standard InChI is InChI=1S/C11H22N2O2/c1-8-4-5-13(7-10(8)6-12)9(2)11(14)15-3/h8-10H,4-7,12H2,1-3H3. The van der Waals surface area contributed by atoms with Crippen LogP contribution in [0.25, 0.3) is 0 Å². The molecule has 1 rings (SSSR count). The number of methoxy groups -OCH3 is 1. The smallest absolute Gasteiger partial charge is 0.322 e. The molecule has 4 heteroatoms. The maximum Gasteiger partial charge on any atom is 0.322 e. The molecular weight excluding hydrogens is 192 g/mol. The molecule has 15 heavy (non-hydrogen) atoms. The van der Waals surface area contributed by atoms with Gasteiger partial charge in [-0.25, -0.2) is 0 Å². The van der Waals surface area contributed by atoms with Gasteiger partial charge in [0.2, 0.25) is 0 Å². The Bertz CT molecular complexity index is 221. The van der Waals surface area contributed by atoms with Gasteiger partial charge in [-0.3, -0.25) is 9.69 Å². The lowest BCUT2D eigenvalue weighted by atomic mass is 9.86. The van der Waals surface area contributed by atoms with Gasteiger partial charge in [0.1, 0.15) is 6.04 Å². The summed E-state index contributed by atoms with van der Waals surface area (Å²) < 4.78 is 4.75. The summed E-state index contributed by atoms with van der Waals surface area (Å²) >= 11 is 0. The molecule has 0 aromatic heterocycles. The number of nitrogens with two attached hydrogens (primary N) is 1. The van der Waals surface area contributed by atoms with Crippen LogP contribution in [-0.4, -0.2) is 43.7 Å². The first-order chi connectivity index (χ1) is 7.10. The predicted molar refractivity (Wildman–Crippen MR) is 59.4 cm³/mol. The van der Waals surface area contributed by atoms with E-state index in [0.29, 0.717) is 18.4 Å². The van der Waals surface area contributed by atoms with Crippen molar-refractivity contribution in [2.45, 2.75) is 26.3 Å². The topological polar surface area (TPSA) is 55.6 Å². The summed E-state index contributed by atoms with van der Waals surface area (Å²) in [7, 11) is 1.44. The summed E-state index contributed by atoms with van der Waals surface area (Å²) in [5, 5.41) is 0. The summed E-state index contributed by atoms with van der Waals surface area (Å²) in [6.07, 6.45) is 1.11. The molecule has 0 aliphatic carbocycles. The van der Waals surface area contributed by atoms with E-state index in [9.17, 15) is 4.79 Å². The zero-order chi connectivity index (χ0) is 11.4. The largest absolute Gasteiger partial charge is 0.468 e. The Morgan fingerprint density at radius 2 is 2.33 bits per heavy atom. The highest BCUT2D eigenvalue weighted by Gasteiger charge is 2.30. The van der Waals surface area contributed by atoms with E-state index in [1.165, 1.54) is 7.11 Å². The van der Waals surface area contributed by atoms with Crippen LogP contribution < -0.4 is 5.73 Å². The van der Waals surface area contributed by atoms with Crippen LogP contribution in [0.1, 0.15) is 20.3 Å². The Labute approximate surface area is 91.8 Å². The Hall–Kier alpha value is -0.610. The number of hydrogen-bond donors (Lipinski definition) is 1. The second-order valence-corrected chi connectivity index (χ2v) is 4.46. The molecule has 0 aromatic carbocycles. The molecule has 0 radical (unpaired) electrons. The number of nitrogens with zero attached hydrogens (tertiary/aromatic N) is 1. The SMILES string of the molecule is COC(=O)C(C)N1CCC(C)C(CN)C1. The van der Waals surface area contributed by atoms with Gasteiger partial charge in [-0.05, 0) is 38.3 Å². The molecule has 1 saturated heterocycles. The van der Waals surface area contributed by atoms with Crippen LogP contribution in [0.15, 0.2) is 0 Å². The second kappa shape index (κ2) is 5.47. The van der Waals surface area contributed by atoms with Crippen molar-refractivity contribution < 1.29 is 9.53 Å². The van der Waals surface area contributed by atoms with Crippen LogP contribution in [0.5, 0.6) is 0 Å². The van der Waals surface area contributed by atoms with Gasteiger partial charge < -0.3 is 10.5 Å². The predicted octanol–water partition coefficient (Wildman–Crippen LogP) is 0.465. The van der Waals surface area contributed by atoms with E-state index in [-0.39, 0.29) is 12.0 Å². The number of rotatable bonds is 3. The van der Waals surface area contributed by atoms with E-state index < -0.39 is 0 Å². The lowest BCUT2D eigenvalue weighted by molar-refractivity contribution is -0.147. The van der Waals surface area contributed by atoms with Crippen molar-refractivity contribution in [1.82, 2.24) is 4.90 Å². The summed E-state index contributed by atoms with van der Waals surface area (Å²) in [5.41, 5.74) is 5.72. The van der Waals surface area contributed by atoms with Crippen molar-refractivity contribution in [2.24, 2.45) is 17.6 Å². The second-order valence-electron chi connectivity index (χ2n) is 4.46. The Morgan fingerprint density at radius 3 is 2.87 bits per heavy atom. The van der Waals surface area contributed by atoms with Crippen molar-refractivity contribution in [3.05, 3.63) is 0 Å². The Balaban J connectivity index is 2.54. The summed E-state index contributed by atoms with van der Waals surface area (Å²) in [5.74, 6) is 1.02. The zero-order valence-electron chi connectivity index (χ0n) is 9.90. The van der Waals surface area contributed by atoms with Gasteiger partial charge >= 0.3 is 5.97 Å². The molecule has 0 amide bonds. The van der Waals surface area contributed by atoms with Gasteiger partial charge in [0.15, 0.2) is 0 Å². The van der Waals surface area contributed by atoms with E-state index in [0.717, 1.165) is 19.5 Å². The molecular formula is C11H22N2O2. The molecule has 0 spiro atoms. The van der Waals surface area contributed by atoms with Crippen LogP contribution >= 0.6 is 0 Å². The lowest BCUT2D eigenvalue weighted by Crippen LogP contribution is -2.49. The first-order valence-corrected chi connectivity index (χ1v) is 5.62. The van der Waals surface area contributed by atoms with E-state index in [1.54, 1.807) is 0 Å². The zero-order valence-corrected chi connectivity index (χ0v) is 9.90. The van der Waals surface area contributed by atoms with Crippen molar-refractivity contribution >= 4 is 5.97 Å². The van der Waals surface area contributed by atoms with Crippen LogP contribution in [0.3, 0.4) is 0 Å². The maximum atomic E-state index is 11.4. The number of piperidine rings is 1. The number of ether oxygens (including phenoxy) is 1. The molecule has 4 nitrogen and oxygen atoms in total. The minimum atomic E-state index is -0.152. The molecule has 2 N–H and O–H groups in total. The molecule has 0 bridgehead atoms. The van der Waals surface area contributed by atoms with Crippen molar-refractivity contribution in [3.63, 3.8) is 0 Å². The summed E-state index contributed by atoms with van der Waals surface area (Å²) in [6.45, 7) is 6.71. The van der Waals surface area contributed by atoms with Crippen molar-refractivity contribution in [3.8, 4) is 0 Å². The van der Waals surface area contributed by atoms with Gasteiger partial charge in [-0.2, -0.15) is 0 Å². The molecule has 1 aliphatic rings. The average Bonchev–Trinajstić information content (AvgIpc) is 2.27. The molecule has 3 atom stereocenters. The lowest BCUT2D eigenvalue weighted by Gasteiger charge is -2.38. The molecule has 88 valence electrons. The third-order valence-electron chi connectivity index (χ3n) is 3.54. The van der Waals surface area contributed by atoms with Gasteiger partial charge in [0, 0.05) is 6.54 Å². The van der Waals surface area contributed by atoms with E-state index >= 15 is 0 Å². The van der Waals surface area contributed by atoms with Crippen molar-refractivity contribution in [2.75, 3.05) is 26.7 Å². The minimum Gasteiger partial charge on any atom is -0.468 e. The van der Waals surface area contributed by atoms with Crippen LogP contribution in [0.2, 0.25) is 0 Å². The van der Waals surface area contributed by atoms with E-state index in [1.807, 2.05) is 6.92 Å². The fraction of sp³-hybridized carbons (Fsp3) is 0.909.